The van der Waals surface area contributed by atoms with Crippen LogP contribution in [0.25, 0.3) is 0 Å². The van der Waals surface area contributed by atoms with Crippen molar-refractivity contribution in [3.8, 4) is 6.07 Å². The van der Waals surface area contributed by atoms with E-state index in [0.29, 0.717) is 27.4 Å². The Balaban J connectivity index is 2.28. The standard InChI is InChI=1S/C12H15N3O2S/c1-6(7-3-4-7)15-11-8(5-13)9(14)10(18-11)12(16)17-2/h6-7,15H,3-4,14H2,1-2H3. The molecule has 0 aliphatic heterocycles. The number of thiophene rings is 1. The monoisotopic (exact) mass is 265 g/mol. The largest absolute Gasteiger partial charge is 0.465 e. The third-order valence-corrected chi connectivity index (χ3v) is 4.23. The summed E-state index contributed by atoms with van der Waals surface area (Å²) in [4.78, 5) is 11.8. The number of carbonyl (C=O) groups is 1. The molecule has 0 spiro atoms. The Morgan fingerprint density at radius 3 is 2.83 bits per heavy atom. The van der Waals surface area contributed by atoms with Crippen LogP contribution >= 0.6 is 11.3 Å². The van der Waals surface area contributed by atoms with Gasteiger partial charge in [0.1, 0.15) is 21.5 Å². The molecule has 0 amide bonds. The van der Waals surface area contributed by atoms with Gasteiger partial charge in [-0.1, -0.05) is 0 Å². The molecule has 1 unspecified atom stereocenters. The van der Waals surface area contributed by atoms with E-state index in [2.05, 4.69) is 17.0 Å². The van der Waals surface area contributed by atoms with E-state index in [9.17, 15) is 4.79 Å². The first kappa shape index (κ1) is 12.7. The third-order valence-electron chi connectivity index (χ3n) is 3.12. The molecule has 0 bridgehead atoms. The van der Waals surface area contributed by atoms with Crippen LogP contribution in [-0.2, 0) is 4.74 Å². The molecule has 1 aromatic rings. The Labute approximate surface area is 110 Å². The van der Waals surface area contributed by atoms with Crippen molar-refractivity contribution in [2.45, 2.75) is 25.8 Å². The summed E-state index contributed by atoms with van der Waals surface area (Å²) in [6.45, 7) is 2.08. The summed E-state index contributed by atoms with van der Waals surface area (Å²) in [5.41, 5.74) is 6.35. The highest BCUT2D eigenvalue weighted by molar-refractivity contribution is 7.18. The molecule has 1 saturated carbocycles. The summed E-state index contributed by atoms with van der Waals surface area (Å²) < 4.78 is 4.65. The number of esters is 1. The van der Waals surface area contributed by atoms with E-state index in [0.717, 1.165) is 0 Å². The molecule has 6 heteroatoms. The van der Waals surface area contributed by atoms with Crippen molar-refractivity contribution in [3.63, 3.8) is 0 Å². The Morgan fingerprint density at radius 1 is 1.67 bits per heavy atom. The molecule has 0 radical (unpaired) electrons. The second-order valence-electron chi connectivity index (χ2n) is 4.42. The van der Waals surface area contributed by atoms with Gasteiger partial charge >= 0.3 is 5.97 Å². The van der Waals surface area contributed by atoms with Gasteiger partial charge in [-0.15, -0.1) is 11.3 Å². The number of nitrogens with one attached hydrogen (secondary N) is 1. The van der Waals surface area contributed by atoms with Crippen molar-refractivity contribution in [2.75, 3.05) is 18.2 Å². The zero-order chi connectivity index (χ0) is 13.3. The maximum Gasteiger partial charge on any atom is 0.350 e. The lowest BCUT2D eigenvalue weighted by atomic mass is 10.2. The lowest BCUT2D eigenvalue weighted by Crippen LogP contribution is -2.16. The van der Waals surface area contributed by atoms with Crippen molar-refractivity contribution in [1.82, 2.24) is 0 Å². The Morgan fingerprint density at radius 2 is 2.33 bits per heavy atom. The third kappa shape index (κ3) is 2.27. The van der Waals surface area contributed by atoms with Crippen LogP contribution in [0.2, 0.25) is 0 Å². The molecule has 5 nitrogen and oxygen atoms in total. The van der Waals surface area contributed by atoms with Gasteiger partial charge in [0.2, 0.25) is 0 Å². The van der Waals surface area contributed by atoms with Crippen LogP contribution in [-0.4, -0.2) is 19.1 Å². The van der Waals surface area contributed by atoms with Gasteiger partial charge in [-0.2, -0.15) is 5.26 Å². The number of anilines is 2. The first-order chi connectivity index (χ1) is 8.58. The molecule has 0 saturated heterocycles. The van der Waals surface area contributed by atoms with E-state index < -0.39 is 5.97 Å². The van der Waals surface area contributed by atoms with Gasteiger partial charge in [-0.05, 0) is 25.7 Å². The fraction of sp³-hybridized carbons (Fsp3) is 0.500. The lowest BCUT2D eigenvalue weighted by Gasteiger charge is -2.12. The van der Waals surface area contributed by atoms with Crippen LogP contribution in [0.4, 0.5) is 10.7 Å². The predicted molar refractivity (Wildman–Crippen MR) is 70.6 cm³/mol. The molecule has 1 aliphatic carbocycles. The Hall–Kier alpha value is -1.74. The van der Waals surface area contributed by atoms with E-state index in [4.69, 9.17) is 11.0 Å². The summed E-state index contributed by atoms with van der Waals surface area (Å²) in [5.74, 6) is 0.155. The van der Waals surface area contributed by atoms with Gasteiger partial charge in [-0.25, -0.2) is 4.79 Å². The minimum absolute atomic E-state index is 0.208. The number of rotatable bonds is 4. The summed E-state index contributed by atoms with van der Waals surface area (Å²) in [6, 6.07) is 2.34. The number of hydrogen-bond donors (Lipinski definition) is 2. The number of carbonyl (C=O) groups excluding carboxylic acids is 1. The minimum atomic E-state index is -0.499. The first-order valence-electron chi connectivity index (χ1n) is 5.75. The van der Waals surface area contributed by atoms with Gasteiger partial charge in [0, 0.05) is 6.04 Å². The molecule has 1 atom stereocenters. The second-order valence-corrected chi connectivity index (χ2v) is 5.44. The Bertz CT molecular complexity index is 514. The summed E-state index contributed by atoms with van der Waals surface area (Å²) in [5, 5.41) is 13.1. The molecule has 0 aromatic carbocycles. The summed E-state index contributed by atoms with van der Waals surface area (Å²) >= 11 is 1.18. The number of nitriles is 1. The Kier molecular flexibility index (Phi) is 3.43. The highest BCUT2D eigenvalue weighted by Gasteiger charge is 2.30. The number of methoxy groups -OCH3 is 1. The molecule has 1 aliphatic rings. The molecule has 3 N–H and O–H groups in total. The fourth-order valence-corrected chi connectivity index (χ4v) is 2.91. The van der Waals surface area contributed by atoms with Gasteiger partial charge in [0.25, 0.3) is 0 Å². The summed E-state index contributed by atoms with van der Waals surface area (Å²) in [6.07, 6.45) is 2.42. The fourth-order valence-electron chi connectivity index (χ4n) is 1.82. The van der Waals surface area contributed by atoms with Crippen molar-refractivity contribution in [3.05, 3.63) is 10.4 Å². The number of nitrogens with zero attached hydrogens (tertiary/aromatic N) is 1. The molecule has 1 fully saturated rings. The van der Waals surface area contributed by atoms with Crippen LogP contribution < -0.4 is 11.1 Å². The number of ether oxygens (including phenoxy) is 1. The summed E-state index contributed by atoms with van der Waals surface area (Å²) in [7, 11) is 1.30. The first-order valence-corrected chi connectivity index (χ1v) is 6.57. The van der Waals surface area contributed by atoms with Crippen LogP contribution in [0.5, 0.6) is 0 Å². The zero-order valence-electron chi connectivity index (χ0n) is 10.3. The number of nitrogen functional groups attached to an aromatic ring is 1. The topological polar surface area (TPSA) is 88.1 Å². The molecule has 1 aromatic heterocycles. The van der Waals surface area contributed by atoms with Gasteiger partial charge < -0.3 is 15.8 Å². The van der Waals surface area contributed by atoms with Crippen molar-refractivity contribution >= 4 is 28.0 Å². The second kappa shape index (κ2) is 4.86. The minimum Gasteiger partial charge on any atom is -0.465 e. The number of nitrogens with two attached hydrogens (primary N) is 1. The molecular weight excluding hydrogens is 250 g/mol. The van der Waals surface area contributed by atoms with E-state index in [1.54, 1.807) is 0 Å². The maximum absolute atomic E-state index is 11.5. The molecule has 96 valence electrons. The predicted octanol–water partition coefficient (Wildman–Crippen LogP) is 2.20. The van der Waals surface area contributed by atoms with Crippen molar-refractivity contribution in [1.29, 1.82) is 5.26 Å². The van der Waals surface area contributed by atoms with E-state index >= 15 is 0 Å². The average molecular weight is 265 g/mol. The van der Waals surface area contributed by atoms with Crippen LogP contribution in [0, 0.1) is 17.2 Å². The van der Waals surface area contributed by atoms with Crippen LogP contribution in [0.15, 0.2) is 0 Å². The molecule has 1 heterocycles. The quantitative estimate of drug-likeness (QED) is 0.815. The van der Waals surface area contributed by atoms with Crippen LogP contribution in [0.1, 0.15) is 35.0 Å². The van der Waals surface area contributed by atoms with Gasteiger partial charge in [0.15, 0.2) is 0 Å². The highest BCUT2D eigenvalue weighted by Crippen LogP contribution is 2.39. The van der Waals surface area contributed by atoms with E-state index in [1.165, 1.54) is 31.3 Å². The molecule has 18 heavy (non-hydrogen) atoms. The number of hydrogen-bond acceptors (Lipinski definition) is 6. The normalized spacial score (nSPS) is 15.8. The van der Waals surface area contributed by atoms with Gasteiger partial charge in [0.05, 0.1) is 12.8 Å². The SMILES string of the molecule is COC(=O)c1sc(NC(C)C2CC2)c(C#N)c1N. The highest BCUT2D eigenvalue weighted by atomic mass is 32.1. The maximum atomic E-state index is 11.5. The average Bonchev–Trinajstić information content (AvgIpc) is 3.15. The molecule has 2 rings (SSSR count). The van der Waals surface area contributed by atoms with Crippen LogP contribution in [0.3, 0.4) is 0 Å². The zero-order valence-corrected chi connectivity index (χ0v) is 11.1. The van der Waals surface area contributed by atoms with E-state index in [-0.39, 0.29) is 5.69 Å². The van der Waals surface area contributed by atoms with Gasteiger partial charge in [-0.3, -0.25) is 0 Å². The van der Waals surface area contributed by atoms with Crippen molar-refractivity contribution in [2.24, 2.45) is 5.92 Å². The molecular formula is C12H15N3O2S. The smallest absolute Gasteiger partial charge is 0.350 e. The van der Waals surface area contributed by atoms with E-state index in [1.807, 2.05) is 6.07 Å². The van der Waals surface area contributed by atoms with Crippen molar-refractivity contribution < 1.29 is 9.53 Å². The lowest BCUT2D eigenvalue weighted by molar-refractivity contribution is 0.0607.